The van der Waals surface area contributed by atoms with Crippen LogP contribution in [0.25, 0.3) is 11.5 Å². The van der Waals surface area contributed by atoms with Gasteiger partial charge in [-0.15, -0.1) is 5.10 Å². The lowest BCUT2D eigenvalue weighted by Crippen LogP contribution is -2.30. The predicted molar refractivity (Wildman–Crippen MR) is 119 cm³/mol. The molecule has 0 bridgehead atoms. The largest absolute Gasteiger partial charge is 0.403 e. The van der Waals surface area contributed by atoms with Crippen molar-refractivity contribution in [2.75, 3.05) is 16.2 Å². The summed E-state index contributed by atoms with van der Waals surface area (Å²) in [5, 5.41) is 10.2. The van der Waals surface area contributed by atoms with Crippen LogP contribution < -0.4 is 9.62 Å². The van der Waals surface area contributed by atoms with Gasteiger partial charge in [0.05, 0.1) is 16.1 Å². The number of nitrogens with one attached hydrogen (secondary N) is 1. The molecule has 162 valence electrons. The molecule has 1 N–H and O–H groups in total. The Morgan fingerprint density at radius 2 is 1.75 bits per heavy atom. The first kappa shape index (κ1) is 21.2. The molecule has 2 aromatic heterocycles. The molecule has 0 aliphatic rings. The molecule has 10 heteroatoms. The van der Waals surface area contributed by atoms with E-state index >= 15 is 0 Å². The van der Waals surface area contributed by atoms with Gasteiger partial charge in [-0.1, -0.05) is 23.3 Å². The van der Waals surface area contributed by atoms with Crippen LogP contribution in [0.4, 0.5) is 11.7 Å². The molecule has 0 radical (unpaired) electrons. The third kappa shape index (κ3) is 4.35. The minimum absolute atomic E-state index is 0.0770. The average molecular weight is 449 g/mol. The maximum atomic E-state index is 13.1. The molecule has 1 amide bonds. The molecule has 0 fully saturated rings. The molecule has 2 heterocycles. The van der Waals surface area contributed by atoms with E-state index < -0.39 is 15.9 Å². The third-order valence-electron chi connectivity index (χ3n) is 4.59. The van der Waals surface area contributed by atoms with E-state index in [4.69, 9.17) is 4.42 Å². The molecule has 0 saturated carbocycles. The van der Waals surface area contributed by atoms with Crippen LogP contribution in [0.5, 0.6) is 0 Å². The molecule has 4 rings (SSSR count). The van der Waals surface area contributed by atoms with Gasteiger partial charge in [0.1, 0.15) is 0 Å². The minimum Gasteiger partial charge on any atom is -0.403 e. The van der Waals surface area contributed by atoms with E-state index in [9.17, 15) is 13.2 Å². The van der Waals surface area contributed by atoms with Gasteiger partial charge in [-0.25, -0.2) is 8.42 Å². The van der Waals surface area contributed by atoms with Crippen LogP contribution in [0.2, 0.25) is 0 Å². The summed E-state index contributed by atoms with van der Waals surface area (Å²) in [5.41, 5.74) is 1.43. The molecule has 2 aromatic carbocycles. The van der Waals surface area contributed by atoms with Gasteiger partial charge in [-0.3, -0.25) is 19.4 Å². The van der Waals surface area contributed by atoms with Gasteiger partial charge >= 0.3 is 6.01 Å². The van der Waals surface area contributed by atoms with Crippen LogP contribution in [-0.2, 0) is 10.0 Å². The second kappa shape index (κ2) is 8.98. The summed E-state index contributed by atoms with van der Waals surface area (Å²) < 4.78 is 32.9. The van der Waals surface area contributed by atoms with Crippen molar-refractivity contribution in [3.05, 3.63) is 84.7 Å². The van der Waals surface area contributed by atoms with Crippen molar-refractivity contribution in [3.8, 4) is 11.5 Å². The summed E-state index contributed by atoms with van der Waals surface area (Å²) >= 11 is 0. The second-order valence-corrected chi connectivity index (χ2v) is 8.50. The predicted octanol–water partition coefficient (Wildman–Crippen LogP) is 3.60. The van der Waals surface area contributed by atoms with Crippen molar-refractivity contribution in [2.24, 2.45) is 0 Å². The normalized spacial score (nSPS) is 11.2. The molecule has 0 atom stereocenters. The smallest absolute Gasteiger partial charge is 0.322 e. The highest BCUT2D eigenvalue weighted by Gasteiger charge is 2.24. The van der Waals surface area contributed by atoms with Gasteiger partial charge in [-0.2, -0.15) is 0 Å². The number of nitrogens with zero attached hydrogens (tertiary/aromatic N) is 4. The van der Waals surface area contributed by atoms with E-state index in [1.807, 2.05) is 6.07 Å². The van der Waals surface area contributed by atoms with Gasteiger partial charge in [0.15, 0.2) is 0 Å². The molecular formula is C22H19N5O4S. The minimum atomic E-state index is -3.78. The van der Waals surface area contributed by atoms with Crippen LogP contribution in [0.3, 0.4) is 0 Å². The number of aromatic nitrogens is 3. The molecular weight excluding hydrogens is 430 g/mol. The van der Waals surface area contributed by atoms with Gasteiger partial charge in [0.2, 0.25) is 0 Å². The van der Waals surface area contributed by atoms with Gasteiger partial charge < -0.3 is 4.42 Å². The molecule has 0 spiro atoms. The zero-order valence-corrected chi connectivity index (χ0v) is 17.9. The van der Waals surface area contributed by atoms with E-state index in [-0.39, 0.29) is 28.9 Å². The number of sulfonamides is 1. The van der Waals surface area contributed by atoms with E-state index in [0.717, 1.165) is 0 Å². The number of para-hydroxylation sites is 1. The van der Waals surface area contributed by atoms with Crippen molar-refractivity contribution in [3.63, 3.8) is 0 Å². The molecule has 0 saturated heterocycles. The van der Waals surface area contributed by atoms with Crippen molar-refractivity contribution in [1.82, 2.24) is 15.2 Å². The van der Waals surface area contributed by atoms with Gasteiger partial charge in [0.25, 0.3) is 21.8 Å². The maximum Gasteiger partial charge on any atom is 0.322 e. The van der Waals surface area contributed by atoms with E-state index in [2.05, 4.69) is 20.5 Å². The van der Waals surface area contributed by atoms with Crippen LogP contribution in [0.1, 0.15) is 17.3 Å². The zero-order chi connectivity index (χ0) is 22.6. The summed E-state index contributed by atoms with van der Waals surface area (Å²) in [6.45, 7) is 2.03. The molecule has 0 aliphatic heterocycles. The standard InChI is InChI=1S/C22H19N5O4S/c1-2-27(18-8-4-3-5-9-18)32(29,30)19-12-10-16(11-13-19)20(28)24-22-26-25-21(31-22)17-7-6-14-23-15-17/h3-15H,2H2,1H3,(H,24,26,28). The maximum absolute atomic E-state index is 13.1. The number of carbonyl (C=O) groups is 1. The van der Waals surface area contributed by atoms with E-state index in [0.29, 0.717) is 11.3 Å². The molecule has 32 heavy (non-hydrogen) atoms. The van der Waals surface area contributed by atoms with Crippen LogP contribution in [-0.4, -0.2) is 36.1 Å². The molecule has 0 unspecified atom stereocenters. The van der Waals surface area contributed by atoms with Gasteiger partial charge in [-0.05, 0) is 55.5 Å². The van der Waals surface area contributed by atoms with Crippen molar-refractivity contribution < 1.29 is 17.6 Å². The van der Waals surface area contributed by atoms with Crippen molar-refractivity contribution in [2.45, 2.75) is 11.8 Å². The van der Waals surface area contributed by atoms with Crippen molar-refractivity contribution >= 4 is 27.6 Å². The average Bonchev–Trinajstić information content (AvgIpc) is 3.29. The first-order valence-corrected chi connectivity index (χ1v) is 11.2. The summed E-state index contributed by atoms with van der Waals surface area (Å²) in [6.07, 6.45) is 3.18. The lowest BCUT2D eigenvalue weighted by atomic mass is 10.2. The Bertz CT molecular complexity index is 1310. The van der Waals surface area contributed by atoms with Crippen LogP contribution >= 0.6 is 0 Å². The number of rotatable bonds is 7. The summed E-state index contributed by atoms with van der Waals surface area (Å²) in [5.74, 6) is -0.291. The summed E-state index contributed by atoms with van der Waals surface area (Å²) in [4.78, 5) is 16.6. The monoisotopic (exact) mass is 449 g/mol. The highest BCUT2D eigenvalue weighted by Crippen LogP contribution is 2.24. The Balaban J connectivity index is 1.50. The number of carbonyl (C=O) groups excluding carboxylic acids is 1. The Labute approximate surface area is 184 Å². The van der Waals surface area contributed by atoms with Crippen LogP contribution in [0, 0.1) is 0 Å². The second-order valence-electron chi connectivity index (χ2n) is 6.64. The number of hydrogen-bond donors (Lipinski definition) is 1. The SMILES string of the molecule is CCN(c1ccccc1)S(=O)(=O)c1ccc(C(=O)Nc2nnc(-c3cccnc3)o2)cc1. The number of hydrogen-bond acceptors (Lipinski definition) is 7. The molecule has 0 aliphatic carbocycles. The Morgan fingerprint density at radius 3 is 2.41 bits per heavy atom. The lowest BCUT2D eigenvalue weighted by molar-refractivity contribution is 0.102. The number of anilines is 2. The van der Waals surface area contributed by atoms with Crippen molar-refractivity contribution in [1.29, 1.82) is 0 Å². The third-order valence-corrected chi connectivity index (χ3v) is 6.51. The molecule has 9 nitrogen and oxygen atoms in total. The van der Waals surface area contributed by atoms with E-state index in [1.54, 1.807) is 55.7 Å². The highest BCUT2D eigenvalue weighted by molar-refractivity contribution is 7.92. The number of amides is 1. The Hall–Kier alpha value is -4.05. The van der Waals surface area contributed by atoms with Crippen LogP contribution in [0.15, 0.2) is 88.4 Å². The fraction of sp³-hybridized carbons (Fsp3) is 0.0909. The first-order valence-electron chi connectivity index (χ1n) is 9.72. The number of benzene rings is 2. The fourth-order valence-electron chi connectivity index (χ4n) is 3.04. The number of pyridine rings is 1. The van der Waals surface area contributed by atoms with Gasteiger partial charge in [0, 0.05) is 24.5 Å². The Morgan fingerprint density at radius 1 is 1.00 bits per heavy atom. The highest BCUT2D eigenvalue weighted by atomic mass is 32.2. The Kier molecular flexibility index (Phi) is 5.95. The fourth-order valence-corrected chi connectivity index (χ4v) is 4.51. The molecule has 4 aromatic rings. The summed E-state index contributed by atoms with van der Waals surface area (Å²) in [6, 6.07) is 17.9. The first-order chi connectivity index (χ1) is 15.5. The topological polar surface area (TPSA) is 118 Å². The zero-order valence-electron chi connectivity index (χ0n) is 17.0. The quantitative estimate of drug-likeness (QED) is 0.458. The summed E-state index contributed by atoms with van der Waals surface area (Å²) in [7, 11) is -3.78. The van der Waals surface area contributed by atoms with E-state index in [1.165, 1.54) is 28.6 Å². The lowest BCUT2D eigenvalue weighted by Gasteiger charge is -2.22.